The highest BCUT2D eigenvalue weighted by molar-refractivity contribution is 5.42. The van der Waals surface area contributed by atoms with E-state index in [-0.39, 0.29) is 12.4 Å². The number of aliphatic hydroxyl groups is 1. The van der Waals surface area contributed by atoms with Crippen molar-refractivity contribution in [3.8, 4) is 0 Å². The van der Waals surface area contributed by atoms with Gasteiger partial charge in [-0.25, -0.2) is 14.4 Å². The highest BCUT2D eigenvalue weighted by Crippen LogP contribution is 2.29. The summed E-state index contributed by atoms with van der Waals surface area (Å²) in [7, 11) is 0. The van der Waals surface area contributed by atoms with Gasteiger partial charge in [0.2, 0.25) is 0 Å². The number of halogens is 1. The van der Waals surface area contributed by atoms with Crippen LogP contribution >= 0.6 is 0 Å². The molecular weight excluding hydrogens is 209 g/mol. The minimum Gasteiger partial charge on any atom is -0.395 e. The van der Waals surface area contributed by atoms with E-state index in [4.69, 9.17) is 5.11 Å². The molecule has 16 heavy (non-hydrogen) atoms. The quantitative estimate of drug-likeness (QED) is 0.838. The van der Waals surface area contributed by atoms with Crippen LogP contribution in [0.3, 0.4) is 0 Å². The third-order valence-corrected chi connectivity index (χ3v) is 3.07. The van der Waals surface area contributed by atoms with Crippen molar-refractivity contribution in [3.63, 3.8) is 0 Å². The van der Waals surface area contributed by atoms with E-state index in [2.05, 4.69) is 9.97 Å². The summed E-state index contributed by atoms with van der Waals surface area (Å²) in [5, 5.41) is 9.02. The Labute approximate surface area is 94.1 Å². The zero-order chi connectivity index (χ0) is 11.5. The number of aliphatic hydroxyl groups excluding tert-OH is 1. The number of anilines is 1. The Morgan fingerprint density at radius 2 is 2.25 bits per heavy atom. The third kappa shape index (κ3) is 2.00. The second kappa shape index (κ2) is 4.74. The molecule has 1 fully saturated rings. The van der Waals surface area contributed by atoms with Gasteiger partial charge in [-0.3, -0.25) is 0 Å². The van der Waals surface area contributed by atoms with Crippen LogP contribution in [0.2, 0.25) is 0 Å². The highest BCUT2D eigenvalue weighted by atomic mass is 19.1. The van der Waals surface area contributed by atoms with Crippen molar-refractivity contribution >= 4 is 5.82 Å². The van der Waals surface area contributed by atoms with Crippen molar-refractivity contribution in [1.29, 1.82) is 0 Å². The standard InChI is InChI=1S/C11H16FN3O/c1-8-10(12)11(14-7-13-8)15(5-6-16)9-3-2-4-9/h7,9,16H,2-6H2,1H3. The van der Waals surface area contributed by atoms with Gasteiger partial charge >= 0.3 is 0 Å². The van der Waals surface area contributed by atoms with Crippen LogP contribution in [0.4, 0.5) is 10.2 Å². The van der Waals surface area contributed by atoms with Gasteiger partial charge in [-0.1, -0.05) is 0 Å². The predicted octanol–water partition coefficient (Wildman–Crippen LogP) is 1.28. The maximum absolute atomic E-state index is 13.8. The van der Waals surface area contributed by atoms with E-state index in [1.54, 1.807) is 6.92 Å². The zero-order valence-electron chi connectivity index (χ0n) is 9.36. The van der Waals surface area contributed by atoms with Crippen LogP contribution in [-0.4, -0.2) is 34.3 Å². The summed E-state index contributed by atoms with van der Waals surface area (Å²) in [6.07, 6.45) is 4.63. The van der Waals surface area contributed by atoms with Crippen molar-refractivity contribution in [2.24, 2.45) is 0 Å². The van der Waals surface area contributed by atoms with Gasteiger partial charge in [0.05, 0.1) is 12.3 Å². The van der Waals surface area contributed by atoms with Gasteiger partial charge < -0.3 is 10.0 Å². The molecule has 0 atom stereocenters. The Balaban J connectivity index is 2.26. The van der Waals surface area contributed by atoms with Crippen LogP contribution in [0, 0.1) is 12.7 Å². The first-order valence-electron chi connectivity index (χ1n) is 5.58. The van der Waals surface area contributed by atoms with Crippen LogP contribution in [0.25, 0.3) is 0 Å². The minimum absolute atomic E-state index is 0.0129. The molecule has 1 saturated carbocycles. The molecule has 2 rings (SSSR count). The van der Waals surface area contributed by atoms with Gasteiger partial charge in [-0.2, -0.15) is 0 Å². The number of aryl methyl sites for hydroxylation is 1. The van der Waals surface area contributed by atoms with E-state index in [9.17, 15) is 4.39 Å². The summed E-state index contributed by atoms with van der Waals surface area (Å²) in [6.45, 7) is 2.06. The Kier molecular flexibility index (Phi) is 3.33. The summed E-state index contributed by atoms with van der Waals surface area (Å²) in [4.78, 5) is 9.65. The summed E-state index contributed by atoms with van der Waals surface area (Å²) >= 11 is 0. The second-order valence-corrected chi connectivity index (χ2v) is 4.10. The Hall–Kier alpha value is -1.23. The number of rotatable bonds is 4. The molecule has 1 aliphatic rings. The molecule has 0 radical (unpaired) electrons. The molecule has 1 N–H and O–H groups in total. The lowest BCUT2D eigenvalue weighted by molar-refractivity contribution is 0.281. The van der Waals surface area contributed by atoms with Gasteiger partial charge in [-0.15, -0.1) is 0 Å². The average Bonchev–Trinajstić information content (AvgIpc) is 2.19. The summed E-state index contributed by atoms with van der Waals surface area (Å²) < 4.78 is 13.8. The van der Waals surface area contributed by atoms with E-state index in [0.29, 0.717) is 24.1 Å². The molecule has 1 aromatic rings. The molecule has 0 aliphatic heterocycles. The maximum Gasteiger partial charge on any atom is 0.186 e. The maximum atomic E-state index is 13.8. The second-order valence-electron chi connectivity index (χ2n) is 4.10. The molecule has 0 saturated heterocycles. The molecule has 1 heterocycles. The smallest absolute Gasteiger partial charge is 0.186 e. The van der Waals surface area contributed by atoms with Gasteiger partial charge in [0.25, 0.3) is 0 Å². The fourth-order valence-corrected chi connectivity index (χ4v) is 1.91. The van der Waals surface area contributed by atoms with Crippen molar-refractivity contribution in [2.75, 3.05) is 18.1 Å². The fraction of sp³-hybridized carbons (Fsp3) is 0.636. The molecule has 0 spiro atoms. The molecule has 88 valence electrons. The Bertz CT molecular complexity index is 368. The number of aromatic nitrogens is 2. The first-order valence-corrected chi connectivity index (χ1v) is 5.58. The normalized spacial score (nSPS) is 15.9. The van der Waals surface area contributed by atoms with Crippen LogP contribution < -0.4 is 4.90 Å². The van der Waals surface area contributed by atoms with E-state index in [1.807, 2.05) is 4.90 Å². The van der Waals surface area contributed by atoms with E-state index < -0.39 is 0 Å². The SMILES string of the molecule is Cc1ncnc(N(CCO)C2CCC2)c1F. The fourth-order valence-electron chi connectivity index (χ4n) is 1.91. The molecule has 0 amide bonds. The zero-order valence-corrected chi connectivity index (χ0v) is 9.36. The topological polar surface area (TPSA) is 49.2 Å². The molecule has 1 aliphatic carbocycles. The van der Waals surface area contributed by atoms with Gasteiger partial charge in [0.1, 0.15) is 6.33 Å². The summed E-state index contributed by atoms with van der Waals surface area (Å²) in [6, 6.07) is 0.316. The molecule has 1 aromatic heterocycles. The van der Waals surface area contributed by atoms with Crippen molar-refractivity contribution < 1.29 is 9.50 Å². The van der Waals surface area contributed by atoms with E-state index in [1.165, 1.54) is 6.33 Å². The number of hydrogen-bond donors (Lipinski definition) is 1. The summed E-state index contributed by atoms with van der Waals surface area (Å²) in [5.74, 6) is -0.0471. The first kappa shape index (κ1) is 11.3. The predicted molar refractivity (Wildman–Crippen MR) is 58.8 cm³/mol. The van der Waals surface area contributed by atoms with Crippen LogP contribution in [0.5, 0.6) is 0 Å². The van der Waals surface area contributed by atoms with Crippen LogP contribution in [-0.2, 0) is 0 Å². The Morgan fingerprint density at radius 1 is 1.50 bits per heavy atom. The lowest BCUT2D eigenvalue weighted by Gasteiger charge is -2.38. The lowest BCUT2D eigenvalue weighted by atomic mass is 9.91. The molecule has 0 unspecified atom stereocenters. The molecule has 4 nitrogen and oxygen atoms in total. The van der Waals surface area contributed by atoms with E-state index in [0.717, 1.165) is 19.3 Å². The van der Waals surface area contributed by atoms with E-state index >= 15 is 0 Å². The first-order chi connectivity index (χ1) is 7.74. The minimum atomic E-state index is -0.372. The van der Waals surface area contributed by atoms with Gasteiger partial charge in [-0.05, 0) is 26.2 Å². The Morgan fingerprint density at radius 3 is 2.81 bits per heavy atom. The van der Waals surface area contributed by atoms with Crippen molar-refractivity contribution in [2.45, 2.75) is 32.2 Å². The van der Waals surface area contributed by atoms with Crippen LogP contribution in [0.15, 0.2) is 6.33 Å². The molecule has 0 aromatic carbocycles. The van der Waals surface area contributed by atoms with Crippen molar-refractivity contribution in [3.05, 3.63) is 17.8 Å². The molecular formula is C11H16FN3O. The number of nitrogens with zero attached hydrogens (tertiary/aromatic N) is 3. The van der Waals surface area contributed by atoms with Crippen molar-refractivity contribution in [1.82, 2.24) is 9.97 Å². The van der Waals surface area contributed by atoms with Crippen LogP contribution in [0.1, 0.15) is 25.0 Å². The molecule has 5 heteroatoms. The lowest BCUT2D eigenvalue weighted by Crippen LogP contribution is -2.43. The molecule has 0 bridgehead atoms. The van der Waals surface area contributed by atoms with Gasteiger partial charge in [0, 0.05) is 12.6 Å². The average molecular weight is 225 g/mol. The largest absolute Gasteiger partial charge is 0.395 e. The highest BCUT2D eigenvalue weighted by Gasteiger charge is 2.28. The number of hydrogen-bond acceptors (Lipinski definition) is 4. The monoisotopic (exact) mass is 225 g/mol. The summed E-state index contributed by atoms with van der Waals surface area (Å²) in [5.41, 5.74) is 0.354. The van der Waals surface area contributed by atoms with Gasteiger partial charge in [0.15, 0.2) is 11.6 Å². The third-order valence-electron chi connectivity index (χ3n) is 3.07.